The van der Waals surface area contributed by atoms with Gasteiger partial charge in [0.2, 0.25) is 0 Å². The van der Waals surface area contributed by atoms with Gasteiger partial charge in [-0.05, 0) is 64.0 Å². The van der Waals surface area contributed by atoms with Crippen LogP contribution < -0.4 is 5.32 Å². The van der Waals surface area contributed by atoms with Crippen LogP contribution in [0.15, 0.2) is 24.3 Å². The molecule has 1 aromatic carbocycles. The quantitative estimate of drug-likeness (QED) is 0.827. The highest BCUT2D eigenvalue weighted by Crippen LogP contribution is 2.51. The number of benzene rings is 1. The number of hydrogen-bond donors (Lipinski definition) is 1. The van der Waals surface area contributed by atoms with Gasteiger partial charge in [-0.1, -0.05) is 12.1 Å². The molecule has 0 bridgehead atoms. The second-order valence-electron chi connectivity index (χ2n) is 8.57. The predicted molar refractivity (Wildman–Crippen MR) is 94.7 cm³/mol. The molecule has 0 unspecified atom stereocenters. The molecule has 0 aromatic heterocycles. The number of nitrogens with zero attached hydrogens (tertiary/aromatic N) is 1. The maximum atomic E-state index is 12.8. The molecule has 1 N–H and O–H groups in total. The van der Waals surface area contributed by atoms with Gasteiger partial charge < -0.3 is 10.1 Å². The fourth-order valence-corrected chi connectivity index (χ4v) is 4.25. The summed E-state index contributed by atoms with van der Waals surface area (Å²) in [6.45, 7) is 5.43. The third kappa shape index (κ3) is 2.97. The van der Waals surface area contributed by atoms with Gasteiger partial charge in [0, 0.05) is 0 Å². The second-order valence-corrected chi connectivity index (χ2v) is 8.57. The summed E-state index contributed by atoms with van der Waals surface area (Å²) >= 11 is 0. The minimum absolute atomic E-state index is 0.259. The van der Waals surface area contributed by atoms with Gasteiger partial charge in [-0.2, -0.15) is 0 Å². The van der Waals surface area contributed by atoms with Crippen molar-refractivity contribution in [1.82, 2.24) is 10.2 Å². The number of amides is 3. The van der Waals surface area contributed by atoms with E-state index in [9.17, 15) is 14.4 Å². The van der Waals surface area contributed by atoms with Crippen LogP contribution in [0.25, 0.3) is 0 Å². The number of carbonyl (C=O) groups is 3. The highest BCUT2D eigenvalue weighted by molar-refractivity contribution is 6.21. The van der Waals surface area contributed by atoms with Crippen molar-refractivity contribution in [3.63, 3.8) is 0 Å². The van der Waals surface area contributed by atoms with Crippen LogP contribution in [0, 0.1) is 11.8 Å². The van der Waals surface area contributed by atoms with Crippen LogP contribution in [0.3, 0.4) is 0 Å². The molecule has 6 nitrogen and oxygen atoms in total. The molecule has 1 aromatic rings. The van der Waals surface area contributed by atoms with Crippen molar-refractivity contribution in [1.29, 1.82) is 0 Å². The third-order valence-electron chi connectivity index (χ3n) is 5.49. The molecule has 6 heteroatoms. The number of alkyl carbamates (subject to hydrolysis) is 1. The van der Waals surface area contributed by atoms with Crippen molar-refractivity contribution in [3.05, 3.63) is 35.4 Å². The molecule has 0 spiro atoms. The van der Waals surface area contributed by atoms with E-state index in [1.807, 2.05) is 20.8 Å². The van der Waals surface area contributed by atoms with E-state index < -0.39 is 11.7 Å². The van der Waals surface area contributed by atoms with E-state index in [2.05, 4.69) is 5.32 Å². The van der Waals surface area contributed by atoms with Crippen LogP contribution in [-0.4, -0.2) is 40.5 Å². The lowest BCUT2D eigenvalue weighted by atomic mass is 9.89. The summed E-state index contributed by atoms with van der Waals surface area (Å²) in [6.07, 6.45) is 2.13. The standard InChI is InChI=1S/C20H24N2O4/c1-20(2,3)26-19(25)21-15-9-11-8-12(11)10-16(15)22-17(23)13-6-4-5-7-14(13)18(22)24/h4-7,11-12,15-16H,8-10H2,1-3H3,(H,21,25)/t11-,12+,15+,16-/m1/s1. The number of nitrogens with one attached hydrogen (secondary N) is 1. The first-order valence-corrected chi connectivity index (χ1v) is 9.21. The largest absolute Gasteiger partial charge is 0.444 e. The van der Waals surface area contributed by atoms with Crippen LogP contribution in [0.5, 0.6) is 0 Å². The Kier molecular flexibility index (Phi) is 3.82. The van der Waals surface area contributed by atoms with Crippen LogP contribution in [0.4, 0.5) is 4.79 Å². The lowest BCUT2D eigenvalue weighted by molar-refractivity contribution is 0.0365. The van der Waals surface area contributed by atoms with E-state index in [0.717, 1.165) is 19.3 Å². The minimum Gasteiger partial charge on any atom is -0.444 e. The summed E-state index contributed by atoms with van der Waals surface area (Å²) in [7, 11) is 0. The Labute approximate surface area is 152 Å². The van der Waals surface area contributed by atoms with Gasteiger partial charge in [0.1, 0.15) is 5.60 Å². The number of fused-ring (bicyclic) bond motifs is 2. The highest BCUT2D eigenvalue weighted by Gasteiger charge is 2.52. The maximum Gasteiger partial charge on any atom is 0.407 e. The molecule has 3 aliphatic rings. The highest BCUT2D eigenvalue weighted by atomic mass is 16.6. The Morgan fingerprint density at radius 3 is 2.19 bits per heavy atom. The molecule has 1 aliphatic heterocycles. The SMILES string of the molecule is CC(C)(C)OC(=O)N[C@H]1C[C@H]2C[C@H]2C[C@H]1N1C(=O)c2ccccc2C1=O. The zero-order chi connectivity index (χ0) is 18.6. The first-order valence-electron chi connectivity index (χ1n) is 9.21. The second kappa shape index (κ2) is 5.83. The molecule has 2 fully saturated rings. The summed E-state index contributed by atoms with van der Waals surface area (Å²) < 4.78 is 5.38. The normalized spacial score (nSPS) is 29.9. The monoisotopic (exact) mass is 356 g/mol. The summed E-state index contributed by atoms with van der Waals surface area (Å²) in [5.41, 5.74) is 0.309. The van der Waals surface area contributed by atoms with E-state index in [-0.39, 0.29) is 23.9 Å². The number of hydrogen-bond acceptors (Lipinski definition) is 4. The molecule has 2 aliphatic carbocycles. The van der Waals surface area contributed by atoms with Gasteiger partial charge >= 0.3 is 6.09 Å². The van der Waals surface area contributed by atoms with Crippen molar-refractivity contribution in [3.8, 4) is 0 Å². The summed E-state index contributed by atoms with van der Waals surface area (Å²) in [5.74, 6) is 0.596. The van der Waals surface area contributed by atoms with Crippen LogP contribution in [-0.2, 0) is 4.74 Å². The molecule has 138 valence electrons. The van der Waals surface area contributed by atoms with Crippen LogP contribution >= 0.6 is 0 Å². The molecule has 4 rings (SSSR count). The molecule has 0 saturated heterocycles. The average Bonchev–Trinajstić information content (AvgIpc) is 3.26. The van der Waals surface area contributed by atoms with E-state index in [4.69, 9.17) is 4.74 Å². The molecule has 2 saturated carbocycles. The van der Waals surface area contributed by atoms with Crippen molar-refractivity contribution < 1.29 is 19.1 Å². The average molecular weight is 356 g/mol. The Hall–Kier alpha value is -2.37. The molecule has 3 amide bonds. The number of imide groups is 1. The number of ether oxygens (including phenoxy) is 1. The molecular weight excluding hydrogens is 332 g/mol. The van der Waals surface area contributed by atoms with Gasteiger partial charge in [0.25, 0.3) is 11.8 Å². The predicted octanol–water partition coefficient (Wildman–Crippen LogP) is 2.97. The molecule has 1 heterocycles. The Balaban J connectivity index is 1.57. The molecular formula is C20H24N2O4. The smallest absolute Gasteiger partial charge is 0.407 e. The Morgan fingerprint density at radius 2 is 1.62 bits per heavy atom. The zero-order valence-corrected chi connectivity index (χ0v) is 15.3. The van der Waals surface area contributed by atoms with Gasteiger partial charge in [-0.3, -0.25) is 14.5 Å². The fourth-order valence-electron chi connectivity index (χ4n) is 4.25. The van der Waals surface area contributed by atoms with Crippen molar-refractivity contribution in [2.75, 3.05) is 0 Å². The summed E-state index contributed by atoms with van der Waals surface area (Å²) in [5, 5.41) is 2.92. The Bertz CT molecular complexity index is 747. The molecule has 0 radical (unpaired) electrons. The van der Waals surface area contributed by atoms with E-state index in [1.165, 1.54) is 4.90 Å². The number of carbonyl (C=O) groups excluding carboxylic acids is 3. The third-order valence-corrected chi connectivity index (χ3v) is 5.49. The van der Waals surface area contributed by atoms with E-state index >= 15 is 0 Å². The maximum absolute atomic E-state index is 12.8. The van der Waals surface area contributed by atoms with E-state index in [0.29, 0.717) is 23.0 Å². The fraction of sp³-hybridized carbons (Fsp3) is 0.550. The van der Waals surface area contributed by atoms with Gasteiger partial charge in [0.05, 0.1) is 23.2 Å². The minimum atomic E-state index is -0.591. The van der Waals surface area contributed by atoms with Crippen molar-refractivity contribution in [2.45, 2.75) is 57.7 Å². The summed E-state index contributed by atoms with van der Waals surface area (Å²) in [6, 6.07) is 6.32. The lowest BCUT2D eigenvalue weighted by Gasteiger charge is -2.37. The topological polar surface area (TPSA) is 75.7 Å². The van der Waals surface area contributed by atoms with Gasteiger partial charge in [-0.15, -0.1) is 0 Å². The van der Waals surface area contributed by atoms with Crippen molar-refractivity contribution in [2.24, 2.45) is 11.8 Å². The van der Waals surface area contributed by atoms with Crippen LogP contribution in [0.2, 0.25) is 0 Å². The molecule has 4 atom stereocenters. The zero-order valence-electron chi connectivity index (χ0n) is 15.3. The lowest BCUT2D eigenvalue weighted by Crippen LogP contribution is -2.56. The first-order chi connectivity index (χ1) is 12.2. The number of rotatable bonds is 2. The van der Waals surface area contributed by atoms with Gasteiger partial charge in [-0.25, -0.2) is 4.79 Å². The summed E-state index contributed by atoms with van der Waals surface area (Å²) in [4.78, 5) is 39.3. The molecule has 26 heavy (non-hydrogen) atoms. The first kappa shape index (κ1) is 17.1. The van der Waals surface area contributed by atoms with Crippen molar-refractivity contribution >= 4 is 17.9 Å². The van der Waals surface area contributed by atoms with E-state index in [1.54, 1.807) is 24.3 Å². The van der Waals surface area contributed by atoms with Gasteiger partial charge in [0.15, 0.2) is 0 Å². The van der Waals surface area contributed by atoms with Crippen LogP contribution in [0.1, 0.15) is 60.7 Å². The Morgan fingerprint density at radius 1 is 1.04 bits per heavy atom.